The number of fused-ring (bicyclic) bond motifs is 4. The highest BCUT2D eigenvalue weighted by Crippen LogP contribution is 2.29. The van der Waals surface area contributed by atoms with Gasteiger partial charge in [0.25, 0.3) is 0 Å². The number of benzene rings is 2. The number of aromatic nitrogens is 1. The van der Waals surface area contributed by atoms with E-state index < -0.39 is 11.3 Å². The zero-order chi connectivity index (χ0) is 20.7. The third kappa shape index (κ3) is 2.98. The molecule has 2 aromatic carbocycles. The maximum Gasteiger partial charge on any atom is 0.363 e. The summed E-state index contributed by atoms with van der Waals surface area (Å²) < 4.78 is 10.9. The van der Waals surface area contributed by atoms with Crippen molar-refractivity contribution in [2.75, 3.05) is 6.61 Å². The number of para-hydroxylation sites is 2. The van der Waals surface area contributed by atoms with Crippen LogP contribution >= 0.6 is 0 Å². The maximum atomic E-state index is 12.7. The number of pyridine rings is 1. The quantitative estimate of drug-likeness (QED) is 0.362. The van der Waals surface area contributed by atoms with Gasteiger partial charge in [-0.25, -0.2) is 14.6 Å². The second-order valence-electron chi connectivity index (χ2n) is 7.09. The normalized spacial score (nSPS) is 11.5. The van der Waals surface area contributed by atoms with E-state index in [9.17, 15) is 14.7 Å². The Morgan fingerprint density at radius 3 is 2.40 bits per heavy atom. The van der Waals surface area contributed by atoms with E-state index in [2.05, 4.69) is 4.98 Å². The first-order chi connectivity index (χ1) is 14.7. The van der Waals surface area contributed by atoms with Gasteiger partial charge in [0.05, 0.1) is 11.3 Å². The first-order valence-electron chi connectivity index (χ1n) is 9.65. The number of nitrogens with zero attached hydrogens (tertiary/aromatic N) is 1. The van der Waals surface area contributed by atoms with E-state index in [1.165, 1.54) is 0 Å². The molecule has 6 heteroatoms. The molecule has 0 bridgehead atoms. The van der Waals surface area contributed by atoms with Crippen molar-refractivity contribution >= 4 is 32.8 Å². The van der Waals surface area contributed by atoms with Crippen molar-refractivity contribution in [2.45, 2.75) is 12.8 Å². The predicted molar refractivity (Wildman–Crippen MR) is 115 cm³/mol. The van der Waals surface area contributed by atoms with Crippen LogP contribution in [-0.2, 0) is 6.42 Å². The fourth-order valence-corrected chi connectivity index (χ4v) is 3.76. The molecular formula is C24H17NO5. The number of aryl methyl sites for hydroxylation is 1. The third-order valence-electron chi connectivity index (χ3n) is 5.18. The molecule has 0 aliphatic carbocycles. The van der Waals surface area contributed by atoms with Crippen LogP contribution in [0.4, 0.5) is 0 Å². The fraction of sp³-hybridized carbons (Fsp3) is 0.125. The number of hydrogen-bond acceptors (Lipinski definition) is 6. The van der Waals surface area contributed by atoms with Crippen molar-refractivity contribution in [3.63, 3.8) is 0 Å². The summed E-state index contributed by atoms with van der Waals surface area (Å²) >= 11 is 0. The Bertz CT molecular complexity index is 1530. The smallest absolute Gasteiger partial charge is 0.363 e. The van der Waals surface area contributed by atoms with Crippen LogP contribution in [0.3, 0.4) is 0 Å². The second kappa shape index (κ2) is 7.24. The Labute approximate surface area is 170 Å². The Kier molecular flexibility index (Phi) is 4.41. The molecule has 3 aromatic heterocycles. The lowest BCUT2D eigenvalue weighted by Crippen LogP contribution is -2.10. The monoisotopic (exact) mass is 399 g/mol. The van der Waals surface area contributed by atoms with Gasteiger partial charge in [-0.1, -0.05) is 36.4 Å². The lowest BCUT2D eigenvalue weighted by molar-refractivity contribution is 0.288. The van der Waals surface area contributed by atoms with Crippen molar-refractivity contribution < 1.29 is 13.9 Å². The van der Waals surface area contributed by atoms with E-state index in [1.54, 1.807) is 30.3 Å². The molecule has 1 N–H and O–H groups in total. The van der Waals surface area contributed by atoms with E-state index in [-0.39, 0.29) is 17.7 Å². The average molecular weight is 399 g/mol. The van der Waals surface area contributed by atoms with Crippen molar-refractivity contribution in [3.8, 4) is 11.3 Å². The molecule has 0 saturated heterocycles. The van der Waals surface area contributed by atoms with Gasteiger partial charge in [-0.15, -0.1) is 0 Å². The Balaban J connectivity index is 1.86. The highest BCUT2D eigenvalue weighted by molar-refractivity contribution is 6.03. The number of rotatable bonds is 4. The first kappa shape index (κ1) is 18.3. The molecule has 3 heterocycles. The first-order valence-corrected chi connectivity index (χ1v) is 9.65. The lowest BCUT2D eigenvalue weighted by Gasteiger charge is -2.11. The minimum atomic E-state index is -0.566. The van der Waals surface area contributed by atoms with Crippen LogP contribution in [0.5, 0.6) is 0 Å². The zero-order valence-electron chi connectivity index (χ0n) is 15.9. The molecule has 0 atom stereocenters. The topological polar surface area (TPSA) is 93.5 Å². The molecule has 5 aromatic rings. The second-order valence-corrected chi connectivity index (χ2v) is 7.09. The van der Waals surface area contributed by atoms with Crippen LogP contribution in [-0.4, -0.2) is 16.7 Å². The van der Waals surface area contributed by atoms with Crippen LogP contribution in [0.2, 0.25) is 0 Å². The van der Waals surface area contributed by atoms with Gasteiger partial charge in [0, 0.05) is 22.8 Å². The minimum Gasteiger partial charge on any atom is -0.422 e. The summed E-state index contributed by atoms with van der Waals surface area (Å²) in [6, 6.07) is 18.1. The summed E-state index contributed by atoms with van der Waals surface area (Å²) in [4.78, 5) is 29.9. The zero-order valence-corrected chi connectivity index (χ0v) is 15.9. The van der Waals surface area contributed by atoms with E-state index in [1.807, 2.05) is 30.3 Å². The molecule has 0 aliphatic heterocycles. The van der Waals surface area contributed by atoms with Crippen molar-refractivity contribution in [2.24, 2.45) is 0 Å². The van der Waals surface area contributed by atoms with E-state index >= 15 is 0 Å². The van der Waals surface area contributed by atoms with Gasteiger partial charge in [-0.3, -0.25) is 0 Å². The molecule has 0 saturated carbocycles. The van der Waals surface area contributed by atoms with Crippen LogP contribution < -0.4 is 11.3 Å². The van der Waals surface area contributed by atoms with E-state index in [0.29, 0.717) is 35.1 Å². The molecule has 5 rings (SSSR count). The predicted octanol–water partition coefficient (Wildman–Crippen LogP) is 4.04. The van der Waals surface area contributed by atoms with E-state index in [0.717, 1.165) is 16.3 Å². The van der Waals surface area contributed by atoms with Crippen LogP contribution in [0.1, 0.15) is 12.0 Å². The summed E-state index contributed by atoms with van der Waals surface area (Å²) in [5.74, 6) is 0. The van der Waals surface area contributed by atoms with E-state index in [4.69, 9.17) is 8.83 Å². The summed E-state index contributed by atoms with van der Waals surface area (Å²) in [6.07, 6.45) is 0.994. The number of aliphatic hydroxyl groups excluding tert-OH is 1. The Morgan fingerprint density at radius 2 is 1.57 bits per heavy atom. The molecule has 0 fully saturated rings. The van der Waals surface area contributed by atoms with Crippen molar-refractivity contribution in [3.05, 3.63) is 87.1 Å². The molecule has 30 heavy (non-hydrogen) atoms. The van der Waals surface area contributed by atoms with Crippen molar-refractivity contribution in [1.82, 2.24) is 4.98 Å². The summed E-state index contributed by atoms with van der Waals surface area (Å²) in [5, 5.41) is 11.5. The highest BCUT2D eigenvalue weighted by atomic mass is 16.4. The van der Waals surface area contributed by atoms with Crippen molar-refractivity contribution in [1.29, 1.82) is 0 Å². The van der Waals surface area contributed by atoms with Gasteiger partial charge in [0.15, 0.2) is 5.52 Å². The fourth-order valence-electron chi connectivity index (χ4n) is 3.76. The average Bonchev–Trinajstić information content (AvgIpc) is 2.77. The van der Waals surface area contributed by atoms with Gasteiger partial charge in [0.2, 0.25) is 0 Å². The minimum absolute atomic E-state index is 0.00147. The van der Waals surface area contributed by atoms with Gasteiger partial charge in [-0.2, -0.15) is 0 Å². The third-order valence-corrected chi connectivity index (χ3v) is 5.18. The Hall–Kier alpha value is -3.77. The standard InChI is InChI=1S/C24H17NO5/c26-11-5-7-15-13-17-16-8-2-4-10-20(16)30-24(28)22(17)25-21(15)18-12-14-6-1-3-9-19(14)29-23(18)27/h1-4,6,8-10,12-13,26H,5,7,11H2. The van der Waals surface area contributed by atoms with Gasteiger partial charge >= 0.3 is 11.3 Å². The molecule has 0 aliphatic rings. The molecule has 6 nitrogen and oxygen atoms in total. The lowest BCUT2D eigenvalue weighted by atomic mass is 9.99. The number of aliphatic hydroxyl groups is 1. The molecule has 0 amide bonds. The van der Waals surface area contributed by atoms with Crippen LogP contribution in [0.15, 0.2) is 79.1 Å². The SMILES string of the molecule is O=c1oc2ccccc2cc1-c1nc2c(=O)oc3ccccc3c2cc1CCCO. The van der Waals surface area contributed by atoms with Gasteiger partial charge in [-0.05, 0) is 42.7 Å². The molecule has 0 spiro atoms. The summed E-state index contributed by atoms with van der Waals surface area (Å²) in [7, 11) is 0. The summed E-state index contributed by atoms with van der Waals surface area (Å²) in [6.45, 7) is 0.00147. The van der Waals surface area contributed by atoms with Crippen LogP contribution in [0.25, 0.3) is 44.1 Å². The largest absolute Gasteiger partial charge is 0.422 e. The molecular weight excluding hydrogens is 382 g/mol. The summed E-state index contributed by atoms with van der Waals surface area (Å²) in [5.41, 5.74) is 1.42. The van der Waals surface area contributed by atoms with Gasteiger partial charge < -0.3 is 13.9 Å². The van der Waals surface area contributed by atoms with Crippen LogP contribution in [0, 0.1) is 0 Å². The Morgan fingerprint density at radius 1 is 0.833 bits per heavy atom. The van der Waals surface area contributed by atoms with Gasteiger partial charge in [0.1, 0.15) is 11.2 Å². The number of hydrogen-bond donors (Lipinski definition) is 1. The highest BCUT2D eigenvalue weighted by Gasteiger charge is 2.18. The maximum absolute atomic E-state index is 12.7. The molecule has 0 unspecified atom stereocenters. The molecule has 0 radical (unpaired) electrons. The molecule has 148 valence electrons.